The molecular formula is C14H18N4O2S. The van der Waals surface area contributed by atoms with Gasteiger partial charge in [-0.1, -0.05) is 11.3 Å². The Morgan fingerprint density at radius 1 is 1.29 bits per heavy atom. The molecule has 4 rings (SSSR count). The summed E-state index contributed by atoms with van der Waals surface area (Å²) in [5, 5.41) is 24.2. The number of aliphatic hydroxyl groups is 2. The van der Waals surface area contributed by atoms with Crippen molar-refractivity contribution in [3.05, 3.63) is 11.3 Å². The molecule has 0 aliphatic heterocycles. The minimum Gasteiger partial charge on any atom is -0.390 e. The van der Waals surface area contributed by atoms with E-state index in [2.05, 4.69) is 20.3 Å². The maximum Gasteiger partial charge on any atom is 0.156 e. The number of aliphatic hydroxyl groups excluding tert-OH is 2. The molecule has 2 aromatic heterocycles. The lowest BCUT2D eigenvalue weighted by atomic mass is 9.85. The summed E-state index contributed by atoms with van der Waals surface area (Å²) in [7, 11) is 0. The van der Waals surface area contributed by atoms with Crippen molar-refractivity contribution in [3.63, 3.8) is 0 Å². The highest BCUT2D eigenvalue weighted by atomic mass is 32.1. The maximum absolute atomic E-state index is 10.0. The quantitative estimate of drug-likeness (QED) is 0.789. The molecule has 0 saturated heterocycles. The average Bonchev–Trinajstić information content (AvgIpc) is 3.11. The summed E-state index contributed by atoms with van der Waals surface area (Å²) >= 11 is 1.56. The summed E-state index contributed by atoms with van der Waals surface area (Å²) in [4.78, 5) is 13.9. The number of aromatic nitrogens is 3. The fraction of sp³-hybridized carbons (Fsp3) is 0.643. The van der Waals surface area contributed by atoms with Crippen LogP contribution >= 0.6 is 11.3 Å². The molecule has 2 aliphatic carbocycles. The lowest BCUT2D eigenvalue weighted by Crippen LogP contribution is -2.38. The van der Waals surface area contributed by atoms with Crippen molar-refractivity contribution in [3.8, 4) is 0 Å². The van der Waals surface area contributed by atoms with Crippen molar-refractivity contribution in [1.82, 2.24) is 15.0 Å². The van der Waals surface area contributed by atoms with E-state index in [0.717, 1.165) is 40.6 Å². The van der Waals surface area contributed by atoms with Crippen LogP contribution in [0.3, 0.4) is 0 Å². The van der Waals surface area contributed by atoms with Crippen LogP contribution in [0.4, 0.5) is 5.82 Å². The van der Waals surface area contributed by atoms with Gasteiger partial charge in [-0.3, -0.25) is 0 Å². The van der Waals surface area contributed by atoms with E-state index in [0.29, 0.717) is 5.92 Å². The predicted molar refractivity (Wildman–Crippen MR) is 80.2 cm³/mol. The number of rotatable bonds is 3. The van der Waals surface area contributed by atoms with Gasteiger partial charge in [0.05, 0.1) is 17.2 Å². The molecule has 2 heterocycles. The highest BCUT2D eigenvalue weighted by Crippen LogP contribution is 2.48. The van der Waals surface area contributed by atoms with Gasteiger partial charge in [-0.05, 0) is 37.5 Å². The van der Waals surface area contributed by atoms with Crippen molar-refractivity contribution < 1.29 is 10.2 Å². The lowest BCUT2D eigenvalue weighted by molar-refractivity contribution is -0.0317. The minimum absolute atomic E-state index is 0.201. The van der Waals surface area contributed by atoms with Gasteiger partial charge < -0.3 is 15.5 Å². The molecule has 0 amide bonds. The topological polar surface area (TPSA) is 91.2 Å². The van der Waals surface area contributed by atoms with Crippen LogP contribution < -0.4 is 5.32 Å². The van der Waals surface area contributed by atoms with Gasteiger partial charge in [0.15, 0.2) is 5.82 Å². The third kappa shape index (κ3) is 2.11. The fourth-order valence-corrected chi connectivity index (χ4v) is 4.64. The van der Waals surface area contributed by atoms with Crippen LogP contribution in [-0.4, -0.2) is 43.9 Å². The van der Waals surface area contributed by atoms with Crippen molar-refractivity contribution >= 4 is 27.5 Å². The van der Waals surface area contributed by atoms with E-state index in [-0.39, 0.29) is 11.8 Å². The van der Waals surface area contributed by atoms with Crippen LogP contribution in [0.2, 0.25) is 0 Å². The van der Waals surface area contributed by atoms with Crippen molar-refractivity contribution in [2.45, 2.75) is 32.0 Å². The number of fused-ring (bicyclic) bond motifs is 3. The molecule has 0 radical (unpaired) electrons. The van der Waals surface area contributed by atoms with Crippen molar-refractivity contribution in [2.24, 2.45) is 17.8 Å². The zero-order chi connectivity index (χ0) is 14.6. The number of hydrogen-bond donors (Lipinski definition) is 3. The molecule has 2 fully saturated rings. The minimum atomic E-state index is -0.567. The monoisotopic (exact) mass is 306 g/mol. The second-order valence-electron chi connectivity index (χ2n) is 6.13. The van der Waals surface area contributed by atoms with Crippen molar-refractivity contribution in [1.29, 1.82) is 0 Å². The van der Waals surface area contributed by atoms with E-state index >= 15 is 0 Å². The normalized spacial score (nSPS) is 34.7. The second kappa shape index (κ2) is 4.86. The summed E-state index contributed by atoms with van der Waals surface area (Å²) in [5.41, 5.74) is 0.823. The Balaban J connectivity index is 1.50. The van der Waals surface area contributed by atoms with Gasteiger partial charge in [0.25, 0.3) is 0 Å². The molecule has 2 aliphatic rings. The van der Waals surface area contributed by atoms with Gasteiger partial charge >= 0.3 is 0 Å². The summed E-state index contributed by atoms with van der Waals surface area (Å²) in [5.74, 6) is 1.61. The molecule has 21 heavy (non-hydrogen) atoms. The molecule has 112 valence electrons. The number of hydrogen-bond acceptors (Lipinski definition) is 7. The summed E-state index contributed by atoms with van der Waals surface area (Å²) in [6.07, 6.45) is 2.37. The smallest absolute Gasteiger partial charge is 0.156 e. The Bertz CT molecular complexity index is 674. The number of nitrogens with one attached hydrogen (secondary N) is 1. The van der Waals surface area contributed by atoms with Crippen molar-refractivity contribution in [2.75, 3.05) is 11.9 Å². The summed E-state index contributed by atoms with van der Waals surface area (Å²) in [6, 6.07) is 0. The Morgan fingerprint density at radius 3 is 2.90 bits per heavy atom. The van der Waals surface area contributed by atoms with Crippen LogP contribution in [0.25, 0.3) is 10.3 Å². The van der Waals surface area contributed by atoms with E-state index in [1.807, 2.05) is 6.92 Å². The Kier molecular flexibility index (Phi) is 3.09. The third-order valence-corrected chi connectivity index (χ3v) is 5.77. The Labute approximate surface area is 126 Å². The zero-order valence-electron chi connectivity index (χ0n) is 11.7. The summed E-state index contributed by atoms with van der Waals surface area (Å²) in [6.45, 7) is 2.72. The van der Waals surface area contributed by atoms with E-state index < -0.39 is 12.2 Å². The second-order valence-corrected chi connectivity index (χ2v) is 7.31. The molecule has 2 bridgehead atoms. The van der Waals surface area contributed by atoms with Crippen LogP contribution in [0.5, 0.6) is 0 Å². The van der Waals surface area contributed by atoms with Gasteiger partial charge in [-0.25, -0.2) is 15.0 Å². The standard InChI is InChI=1S/C14H18N4O2S/c1-6-18-10-13(16-5-17-14(10)21-6)15-4-8-2-7-3-9(8)12(20)11(7)19/h5,7-9,11-12,19-20H,2-4H2,1H3,(H,15,16,17)/t7-,8-,9-,11+,12-/m0/s1. The molecule has 2 saturated carbocycles. The average molecular weight is 306 g/mol. The molecule has 0 aromatic carbocycles. The van der Waals surface area contributed by atoms with Gasteiger partial charge in [-0.2, -0.15) is 0 Å². The van der Waals surface area contributed by atoms with Crippen LogP contribution in [0.1, 0.15) is 17.8 Å². The molecule has 6 nitrogen and oxygen atoms in total. The molecule has 2 aromatic rings. The number of thiazole rings is 1. The van der Waals surface area contributed by atoms with E-state index in [9.17, 15) is 10.2 Å². The molecule has 0 spiro atoms. The molecule has 3 N–H and O–H groups in total. The first-order valence-electron chi connectivity index (χ1n) is 7.31. The highest BCUT2D eigenvalue weighted by Gasteiger charge is 2.51. The first-order valence-corrected chi connectivity index (χ1v) is 8.13. The van der Waals surface area contributed by atoms with Crippen LogP contribution in [0, 0.1) is 24.7 Å². The maximum atomic E-state index is 10.0. The van der Waals surface area contributed by atoms with E-state index in [4.69, 9.17) is 0 Å². The predicted octanol–water partition coefficient (Wildman–Crippen LogP) is 1.18. The molecule has 5 atom stereocenters. The van der Waals surface area contributed by atoms with Crippen LogP contribution in [0.15, 0.2) is 6.33 Å². The molecular weight excluding hydrogens is 288 g/mol. The fourth-order valence-electron chi connectivity index (χ4n) is 3.88. The third-order valence-electron chi connectivity index (χ3n) is 4.89. The first kappa shape index (κ1) is 13.4. The molecule has 0 unspecified atom stereocenters. The Morgan fingerprint density at radius 2 is 2.14 bits per heavy atom. The zero-order valence-corrected chi connectivity index (χ0v) is 12.5. The number of aryl methyl sites for hydroxylation is 1. The van der Waals surface area contributed by atoms with E-state index in [1.54, 1.807) is 17.7 Å². The van der Waals surface area contributed by atoms with Gasteiger partial charge in [0.2, 0.25) is 0 Å². The van der Waals surface area contributed by atoms with Gasteiger partial charge in [-0.15, -0.1) is 0 Å². The Hall–Kier alpha value is -1.31. The number of nitrogens with zero attached hydrogens (tertiary/aromatic N) is 3. The van der Waals surface area contributed by atoms with Gasteiger partial charge in [0, 0.05) is 6.54 Å². The van der Waals surface area contributed by atoms with E-state index in [1.165, 1.54) is 0 Å². The highest BCUT2D eigenvalue weighted by molar-refractivity contribution is 7.18. The first-order chi connectivity index (χ1) is 10.1. The molecule has 7 heteroatoms. The lowest BCUT2D eigenvalue weighted by Gasteiger charge is -2.29. The number of anilines is 1. The van der Waals surface area contributed by atoms with Crippen LogP contribution in [-0.2, 0) is 0 Å². The summed E-state index contributed by atoms with van der Waals surface area (Å²) < 4.78 is 0. The largest absolute Gasteiger partial charge is 0.390 e. The van der Waals surface area contributed by atoms with Gasteiger partial charge in [0.1, 0.15) is 16.7 Å². The SMILES string of the molecule is Cc1nc2c(NC[C@@H]3C[C@H]4C[C@@H]3[C@H](O)[C@@H]4O)ncnc2s1.